The molecule has 0 spiro atoms. The Morgan fingerprint density at radius 2 is 1.91 bits per heavy atom. The maximum absolute atomic E-state index is 10.1. The Morgan fingerprint density at radius 1 is 1.36 bits per heavy atom. The van der Waals surface area contributed by atoms with Crippen LogP contribution in [0.3, 0.4) is 0 Å². The van der Waals surface area contributed by atoms with Gasteiger partial charge in [-0.25, -0.2) is 4.79 Å². The standard InChI is InChI=1S/C5H8O5.Na/c6-4(7)2-1-3-5(8)10-9;/h9H,1-3H2,(H,6,7);/q;+1/p-1. The first-order valence-corrected chi connectivity index (χ1v) is 2.71. The van der Waals surface area contributed by atoms with Crippen LogP contribution in [0.15, 0.2) is 0 Å². The SMILES string of the molecule is O=C([O-])CCCC(=O)OO.[Na+]. The zero-order valence-corrected chi connectivity index (χ0v) is 8.20. The maximum Gasteiger partial charge on any atom is 1.00 e. The van der Waals surface area contributed by atoms with Gasteiger partial charge in [0.05, 0.1) is 0 Å². The molecule has 1 N–H and O–H groups in total. The second-order valence-corrected chi connectivity index (χ2v) is 1.69. The summed E-state index contributed by atoms with van der Waals surface area (Å²) in [6, 6.07) is 0. The Bertz CT molecular complexity index is 135. The monoisotopic (exact) mass is 170 g/mol. The number of carboxylic acid groups (broad SMARTS) is 1. The fourth-order valence-corrected chi connectivity index (χ4v) is 0.423. The molecule has 58 valence electrons. The summed E-state index contributed by atoms with van der Waals surface area (Å²) in [5.74, 6) is -2.05. The molecule has 0 aromatic carbocycles. The van der Waals surface area contributed by atoms with E-state index in [0.29, 0.717) is 0 Å². The molecule has 11 heavy (non-hydrogen) atoms. The van der Waals surface area contributed by atoms with Crippen LogP contribution in [-0.2, 0) is 14.5 Å². The van der Waals surface area contributed by atoms with Gasteiger partial charge in [-0.15, -0.1) is 0 Å². The summed E-state index contributed by atoms with van der Waals surface area (Å²) < 4.78 is 0. The van der Waals surface area contributed by atoms with Crippen LogP contribution >= 0.6 is 0 Å². The molecule has 6 heteroatoms. The fraction of sp³-hybridized carbons (Fsp3) is 0.600. The minimum Gasteiger partial charge on any atom is -0.550 e. The van der Waals surface area contributed by atoms with Gasteiger partial charge >= 0.3 is 35.5 Å². The second kappa shape index (κ2) is 8.00. The zero-order chi connectivity index (χ0) is 7.98. The van der Waals surface area contributed by atoms with Gasteiger partial charge in [0.1, 0.15) is 0 Å². The van der Waals surface area contributed by atoms with E-state index in [0.717, 1.165) is 0 Å². The van der Waals surface area contributed by atoms with Gasteiger partial charge in [0.15, 0.2) is 0 Å². The van der Waals surface area contributed by atoms with Crippen molar-refractivity contribution >= 4 is 11.9 Å². The quantitative estimate of drug-likeness (QED) is 0.263. The first-order chi connectivity index (χ1) is 4.66. The third-order valence-corrected chi connectivity index (χ3v) is 0.864. The van der Waals surface area contributed by atoms with Gasteiger partial charge in [0, 0.05) is 12.4 Å². The predicted octanol–water partition coefficient (Wildman–Crippen LogP) is -4.07. The van der Waals surface area contributed by atoms with Crippen molar-refractivity contribution in [2.45, 2.75) is 19.3 Å². The van der Waals surface area contributed by atoms with Crippen molar-refractivity contribution in [3.8, 4) is 0 Å². The van der Waals surface area contributed by atoms with Crippen LogP contribution in [0.4, 0.5) is 0 Å². The minimum absolute atomic E-state index is 0. The Hall–Kier alpha value is -0.100. The normalized spacial score (nSPS) is 8.09. The van der Waals surface area contributed by atoms with Crippen LogP contribution in [0.25, 0.3) is 0 Å². The van der Waals surface area contributed by atoms with Crippen LogP contribution in [0.2, 0.25) is 0 Å². The smallest absolute Gasteiger partial charge is 0.550 e. The van der Waals surface area contributed by atoms with Crippen molar-refractivity contribution in [3.63, 3.8) is 0 Å². The number of carbonyl (C=O) groups excluding carboxylic acids is 2. The van der Waals surface area contributed by atoms with Crippen LogP contribution in [0, 0.1) is 0 Å². The van der Waals surface area contributed by atoms with Crippen LogP contribution in [0.1, 0.15) is 19.3 Å². The molecule has 0 amide bonds. The molecule has 0 heterocycles. The second-order valence-electron chi connectivity index (χ2n) is 1.69. The largest absolute Gasteiger partial charge is 1.00 e. The van der Waals surface area contributed by atoms with Gasteiger partial charge in [0.2, 0.25) is 0 Å². The van der Waals surface area contributed by atoms with E-state index in [9.17, 15) is 14.7 Å². The molecule has 0 aliphatic rings. The summed E-state index contributed by atoms with van der Waals surface area (Å²) in [4.78, 5) is 23.1. The molecule has 0 saturated heterocycles. The third-order valence-electron chi connectivity index (χ3n) is 0.864. The van der Waals surface area contributed by atoms with E-state index in [-0.39, 0.29) is 48.8 Å². The minimum atomic E-state index is -1.22. The van der Waals surface area contributed by atoms with Crippen LogP contribution < -0.4 is 34.7 Å². The number of rotatable bonds is 4. The molecule has 0 aromatic heterocycles. The van der Waals surface area contributed by atoms with Crippen molar-refractivity contribution < 1.29 is 54.4 Å². The predicted molar refractivity (Wildman–Crippen MR) is 27.6 cm³/mol. The zero-order valence-electron chi connectivity index (χ0n) is 6.20. The molecule has 0 aromatic rings. The topological polar surface area (TPSA) is 86.7 Å². The van der Waals surface area contributed by atoms with Crippen molar-refractivity contribution in [2.75, 3.05) is 0 Å². The first kappa shape index (κ1) is 13.5. The average Bonchev–Trinajstić information content (AvgIpc) is 1.87. The maximum atomic E-state index is 10.1. The molecule has 5 nitrogen and oxygen atoms in total. The van der Waals surface area contributed by atoms with Crippen molar-refractivity contribution in [1.29, 1.82) is 0 Å². The van der Waals surface area contributed by atoms with Crippen molar-refractivity contribution in [1.82, 2.24) is 0 Å². The summed E-state index contributed by atoms with van der Waals surface area (Å²) in [5, 5.41) is 17.4. The third kappa shape index (κ3) is 9.90. The molecular weight excluding hydrogens is 163 g/mol. The van der Waals surface area contributed by atoms with E-state index < -0.39 is 11.9 Å². The van der Waals surface area contributed by atoms with Gasteiger partial charge in [-0.05, 0) is 12.8 Å². The first-order valence-electron chi connectivity index (χ1n) is 2.71. The Balaban J connectivity index is 0. The Morgan fingerprint density at radius 3 is 2.27 bits per heavy atom. The van der Waals surface area contributed by atoms with Gasteiger partial charge in [-0.2, -0.15) is 5.26 Å². The van der Waals surface area contributed by atoms with E-state index in [1.807, 2.05) is 0 Å². The molecule has 0 bridgehead atoms. The summed E-state index contributed by atoms with van der Waals surface area (Å²) in [7, 11) is 0. The molecule has 0 atom stereocenters. The number of hydrogen-bond donors (Lipinski definition) is 1. The van der Waals surface area contributed by atoms with E-state index >= 15 is 0 Å². The Kier molecular flexibility index (Phi) is 9.81. The molecule has 0 unspecified atom stereocenters. The summed E-state index contributed by atoms with van der Waals surface area (Å²) >= 11 is 0. The van der Waals surface area contributed by atoms with Gasteiger partial charge in [-0.3, -0.25) is 0 Å². The summed E-state index contributed by atoms with van der Waals surface area (Å²) in [5.41, 5.74) is 0. The molecule has 0 saturated carbocycles. The number of carboxylic acids is 1. The number of aliphatic carboxylic acids is 1. The molecule has 0 aliphatic heterocycles. The van der Waals surface area contributed by atoms with E-state index in [1.165, 1.54) is 0 Å². The summed E-state index contributed by atoms with van der Waals surface area (Å²) in [6.45, 7) is 0. The average molecular weight is 170 g/mol. The molecule has 0 radical (unpaired) electrons. The van der Waals surface area contributed by atoms with Crippen molar-refractivity contribution in [2.24, 2.45) is 0 Å². The van der Waals surface area contributed by atoms with E-state index in [4.69, 9.17) is 5.26 Å². The van der Waals surface area contributed by atoms with E-state index in [1.54, 1.807) is 0 Å². The van der Waals surface area contributed by atoms with Gasteiger partial charge in [0.25, 0.3) is 0 Å². The fourth-order valence-electron chi connectivity index (χ4n) is 0.423. The molecule has 0 aliphatic carbocycles. The van der Waals surface area contributed by atoms with E-state index in [2.05, 4.69) is 4.89 Å². The van der Waals surface area contributed by atoms with Crippen molar-refractivity contribution in [3.05, 3.63) is 0 Å². The van der Waals surface area contributed by atoms with Crippen LogP contribution in [-0.4, -0.2) is 17.2 Å². The molecule has 0 fully saturated rings. The van der Waals surface area contributed by atoms with Crippen LogP contribution in [0.5, 0.6) is 0 Å². The number of hydrogen-bond acceptors (Lipinski definition) is 5. The summed E-state index contributed by atoms with van der Waals surface area (Å²) in [6.07, 6.45) is -0.179. The van der Waals surface area contributed by atoms with Gasteiger partial charge in [-0.1, -0.05) is 0 Å². The van der Waals surface area contributed by atoms with Gasteiger partial charge < -0.3 is 14.8 Å². The molecular formula is C5H7NaO5. The Labute approximate surface area is 85.6 Å². The molecule has 0 rings (SSSR count). The number of carbonyl (C=O) groups is 2.